The Morgan fingerprint density at radius 1 is 1.19 bits per heavy atom. The number of hydrogen-bond donors (Lipinski definition) is 0. The topological polar surface area (TPSA) is 32.8 Å². The molecule has 1 fully saturated rings. The molecule has 1 heterocycles. The van der Waals surface area contributed by atoms with Gasteiger partial charge in [0.1, 0.15) is 5.75 Å². The molecule has 0 bridgehead atoms. The molecule has 4 heteroatoms. The lowest BCUT2D eigenvalue weighted by Crippen LogP contribution is -2.48. The van der Waals surface area contributed by atoms with E-state index in [1.54, 1.807) is 0 Å². The molecule has 0 unspecified atom stereocenters. The summed E-state index contributed by atoms with van der Waals surface area (Å²) in [6, 6.07) is 8.01. The number of piperazine rings is 1. The van der Waals surface area contributed by atoms with E-state index in [4.69, 9.17) is 4.74 Å². The lowest BCUT2D eigenvalue weighted by Gasteiger charge is -2.32. The Hall–Kier alpha value is -1.55. The van der Waals surface area contributed by atoms with Crippen LogP contribution in [0.2, 0.25) is 0 Å². The average molecular weight is 290 g/mol. The number of hydrogen-bond acceptors (Lipinski definition) is 3. The zero-order chi connectivity index (χ0) is 15.5. The summed E-state index contributed by atoms with van der Waals surface area (Å²) in [5.41, 5.74) is 1.30. The molecule has 0 radical (unpaired) electrons. The first-order valence-electron chi connectivity index (χ1n) is 7.56. The van der Waals surface area contributed by atoms with E-state index in [0.29, 0.717) is 0 Å². The Balaban J connectivity index is 1.89. The fourth-order valence-corrected chi connectivity index (χ4v) is 2.34. The maximum atomic E-state index is 12.1. The van der Waals surface area contributed by atoms with Crippen LogP contribution < -0.4 is 4.74 Å². The van der Waals surface area contributed by atoms with E-state index in [1.807, 2.05) is 23.1 Å². The van der Waals surface area contributed by atoms with E-state index in [1.165, 1.54) is 5.56 Å². The van der Waals surface area contributed by atoms with Gasteiger partial charge in [0.15, 0.2) is 6.61 Å². The number of amides is 1. The van der Waals surface area contributed by atoms with Crippen molar-refractivity contribution in [2.75, 3.05) is 39.8 Å². The molecule has 0 saturated carbocycles. The van der Waals surface area contributed by atoms with Crippen LogP contribution in [-0.2, 0) is 10.2 Å². The van der Waals surface area contributed by atoms with Crippen molar-refractivity contribution in [3.63, 3.8) is 0 Å². The van der Waals surface area contributed by atoms with E-state index in [9.17, 15) is 4.79 Å². The summed E-state index contributed by atoms with van der Waals surface area (Å²) in [5, 5.41) is 0. The smallest absolute Gasteiger partial charge is 0.260 e. The molecule has 21 heavy (non-hydrogen) atoms. The minimum absolute atomic E-state index is 0.0734. The second-order valence-electron chi connectivity index (χ2n) is 6.75. The molecule has 1 aromatic rings. The van der Waals surface area contributed by atoms with Gasteiger partial charge >= 0.3 is 0 Å². The van der Waals surface area contributed by atoms with Gasteiger partial charge in [-0.15, -0.1) is 0 Å². The largest absolute Gasteiger partial charge is 0.484 e. The van der Waals surface area contributed by atoms with Crippen molar-refractivity contribution in [3.8, 4) is 5.75 Å². The summed E-state index contributed by atoms with van der Waals surface area (Å²) >= 11 is 0. The number of likely N-dealkylation sites (N-methyl/N-ethyl adjacent to an activating group) is 1. The second-order valence-corrected chi connectivity index (χ2v) is 6.75. The number of ether oxygens (including phenoxy) is 1. The van der Waals surface area contributed by atoms with Gasteiger partial charge in [-0.05, 0) is 30.2 Å². The van der Waals surface area contributed by atoms with Crippen LogP contribution in [0.5, 0.6) is 5.75 Å². The standard InChI is InChI=1S/C17H26N2O2/c1-17(2,3)14-6-5-7-15(12-14)21-13-16(20)19-10-8-18(4)9-11-19/h5-7,12H,8-11,13H2,1-4H3. The molecular weight excluding hydrogens is 264 g/mol. The van der Waals surface area contributed by atoms with Crippen molar-refractivity contribution in [1.29, 1.82) is 0 Å². The Bertz CT molecular complexity index is 486. The van der Waals surface area contributed by atoms with Crippen LogP contribution >= 0.6 is 0 Å². The molecule has 0 N–H and O–H groups in total. The van der Waals surface area contributed by atoms with E-state index in [-0.39, 0.29) is 17.9 Å². The molecule has 2 rings (SSSR count). The lowest BCUT2D eigenvalue weighted by atomic mass is 9.87. The molecule has 0 aromatic heterocycles. The highest BCUT2D eigenvalue weighted by molar-refractivity contribution is 5.77. The van der Waals surface area contributed by atoms with Crippen LogP contribution in [0.1, 0.15) is 26.3 Å². The Morgan fingerprint density at radius 3 is 2.48 bits per heavy atom. The first kappa shape index (κ1) is 15.8. The van der Waals surface area contributed by atoms with Crippen LogP contribution in [-0.4, -0.2) is 55.5 Å². The molecule has 1 amide bonds. The zero-order valence-electron chi connectivity index (χ0n) is 13.6. The lowest BCUT2D eigenvalue weighted by molar-refractivity contribution is -0.134. The van der Waals surface area contributed by atoms with Crippen LogP contribution in [0, 0.1) is 0 Å². The highest BCUT2D eigenvalue weighted by Crippen LogP contribution is 2.25. The van der Waals surface area contributed by atoms with Crippen molar-refractivity contribution in [2.45, 2.75) is 26.2 Å². The summed E-state index contributed by atoms with van der Waals surface area (Å²) in [7, 11) is 2.08. The number of nitrogens with zero attached hydrogens (tertiary/aromatic N) is 2. The fraction of sp³-hybridized carbons (Fsp3) is 0.588. The summed E-state index contributed by atoms with van der Waals surface area (Å²) < 4.78 is 5.68. The third-order valence-electron chi connectivity index (χ3n) is 3.92. The summed E-state index contributed by atoms with van der Waals surface area (Å²) in [4.78, 5) is 16.3. The average Bonchev–Trinajstić information content (AvgIpc) is 2.45. The summed E-state index contributed by atoms with van der Waals surface area (Å²) in [5.74, 6) is 0.842. The SMILES string of the molecule is CN1CCN(C(=O)COc2cccc(C(C)(C)C)c2)CC1. The second kappa shape index (κ2) is 6.48. The van der Waals surface area contributed by atoms with Gasteiger partial charge < -0.3 is 14.5 Å². The molecule has 0 aliphatic carbocycles. The fourth-order valence-electron chi connectivity index (χ4n) is 2.34. The minimum atomic E-state index is 0.0734. The maximum Gasteiger partial charge on any atom is 0.260 e. The first-order valence-corrected chi connectivity index (χ1v) is 7.56. The van der Waals surface area contributed by atoms with Gasteiger partial charge in [-0.25, -0.2) is 0 Å². The van der Waals surface area contributed by atoms with Crippen molar-refractivity contribution in [3.05, 3.63) is 29.8 Å². The molecule has 0 spiro atoms. The summed E-state index contributed by atoms with van der Waals surface area (Å²) in [6.07, 6.45) is 0. The predicted molar refractivity (Wildman–Crippen MR) is 84.7 cm³/mol. The molecule has 116 valence electrons. The predicted octanol–water partition coefficient (Wildman–Crippen LogP) is 2.14. The van der Waals surface area contributed by atoms with E-state index in [2.05, 4.69) is 38.8 Å². The third-order valence-corrected chi connectivity index (χ3v) is 3.92. The molecule has 1 aliphatic heterocycles. The molecule has 1 aromatic carbocycles. The Kier molecular flexibility index (Phi) is 4.88. The highest BCUT2D eigenvalue weighted by atomic mass is 16.5. The van der Waals surface area contributed by atoms with E-state index < -0.39 is 0 Å². The quantitative estimate of drug-likeness (QED) is 0.855. The maximum absolute atomic E-state index is 12.1. The molecular formula is C17H26N2O2. The van der Waals surface area contributed by atoms with E-state index in [0.717, 1.165) is 31.9 Å². The van der Waals surface area contributed by atoms with Gasteiger partial charge in [-0.2, -0.15) is 0 Å². The monoisotopic (exact) mass is 290 g/mol. The van der Waals surface area contributed by atoms with Gasteiger partial charge in [0, 0.05) is 26.2 Å². The van der Waals surface area contributed by atoms with Crippen LogP contribution in [0.4, 0.5) is 0 Å². The molecule has 1 saturated heterocycles. The van der Waals surface area contributed by atoms with Crippen LogP contribution in [0.25, 0.3) is 0 Å². The van der Waals surface area contributed by atoms with Gasteiger partial charge in [-0.1, -0.05) is 32.9 Å². The van der Waals surface area contributed by atoms with Gasteiger partial charge in [0.2, 0.25) is 0 Å². The van der Waals surface area contributed by atoms with Gasteiger partial charge in [-0.3, -0.25) is 4.79 Å². The van der Waals surface area contributed by atoms with Crippen molar-refractivity contribution >= 4 is 5.91 Å². The Labute approximate surface area is 127 Å². The normalized spacial score (nSPS) is 16.9. The number of rotatable bonds is 3. The van der Waals surface area contributed by atoms with Gasteiger partial charge in [0.05, 0.1) is 0 Å². The van der Waals surface area contributed by atoms with E-state index >= 15 is 0 Å². The highest BCUT2D eigenvalue weighted by Gasteiger charge is 2.19. The van der Waals surface area contributed by atoms with Crippen LogP contribution in [0.15, 0.2) is 24.3 Å². The number of benzene rings is 1. The van der Waals surface area contributed by atoms with Crippen molar-refractivity contribution in [2.24, 2.45) is 0 Å². The number of carbonyl (C=O) groups excluding carboxylic acids is 1. The zero-order valence-corrected chi connectivity index (χ0v) is 13.6. The van der Waals surface area contributed by atoms with Crippen molar-refractivity contribution in [1.82, 2.24) is 9.80 Å². The molecule has 4 nitrogen and oxygen atoms in total. The molecule has 1 aliphatic rings. The molecule has 0 atom stereocenters. The van der Waals surface area contributed by atoms with Crippen molar-refractivity contribution < 1.29 is 9.53 Å². The Morgan fingerprint density at radius 2 is 1.86 bits per heavy atom. The summed E-state index contributed by atoms with van der Waals surface area (Å²) in [6.45, 7) is 10.1. The number of carbonyl (C=O) groups is 1. The third kappa shape index (κ3) is 4.46. The van der Waals surface area contributed by atoms with Crippen LogP contribution in [0.3, 0.4) is 0 Å². The minimum Gasteiger partial charge on any atom is -0.484 e. The first-order chi connectivity index (χ1) is 9.86. The van der Waals surface area contributed by atoms with Gasteiger partial charge in [0.25, 0.3) is 5.91 Å².